The molecular formula is C17H28N2O2. The lowest BCUT2D eigenvalue weighted by molar-refractivity contribution is 0.0220. The summed E-state index contributed by atoms with van der Waals surface area (Å²) in [6, 6.07) is 4.26. The lowest BCUT2D eigenvalue weighted by Gasteiger charge is -2.36. The van der Waals surface area contributed by atoms with Crippen molar-refractivity contribution in [2.24, 2.45) is 5.92 Å². The Bertz CT molecular complexity index is 426. The molecule has 118 valence electrons. The number of aryl methyl sites for hydroxylation is 1. The summed E-state index contributed by atoms with van der Waals surface area (Å²) >= 11 is 0. The summed E-state index contributed by atoms with van der Waals surface area (Å²) in [5.41, 5.74) is 0. The number of piperidine rings is 1. The summed E-state index contributed by atoms with van der Waals surface area (Å²) in [7, 11) is 0. The molecule has 0 amide bonds. The number of hydrogen-bond donors (Lipinski definition) is 0. The maximum Gasteiger partial charge on any atom is 0.118 e. The summed E-state index contributed by atoms with van der Waals surface area (Å²) in [5, 5.41) is 0. The molecule has 2 fully saturated rings. The Hall–Kier alpha value is -0.840. The van der Waals surface area contributed by atoms with Gasteiger partial charge in [0.1, 0.15) is 11.5 Å². The van der Waals surface area contributed by atoms with Gasteiger partial charge in [-0.2, -0.15) is 0 Å². The zero-order chi connectivity index (χ0) is 14.5. The topological polar surface area (TPSA) is 28.9 Å². The summed E-state index contributed by atoms with van der Waals surface area (Å²) in [4.78, 5) is 5.13. The predicted molar refractivity (Wildman–Crippen MR) is 83.3 cm³/mol. The fourth-order valence-electron chi connectivity index (χ4n) is 3.51. The van der Waals surface area contributed by atoms with Gasteiger partial charge in [-0.3, -0.25) is 9.80 Å². The number of nitrogens with zero attached hydrogens (tertiary/aromatic N) is 2. The summed E-state index contributed by atoms with van der Waals surface area (Å²) in [6.45, 7) is 10.8. The van der Waals surface area contributed by atoms with Crippen LogP contribution in [0.3, 0.4) is 0 Å². The first-order valence-electron chi connectivity index (χ1n) is 8.43. The zero-order valence-electron chi connectivity index (χ0n) is 13.2. The average Bonchev–Trinajstić information content (AvgIpc) is 2.96. The third-order valence-electron chi connectivity index (χ3n) is 4.67. The van der Waals surface area contributed by atoms with Crippen molar-refractivity contribution >= 4 is 0 Å². The monoisotopic (exact) mass is 292 g/mol. The van der Waals surface area contributed by atoms with Crippen LogP contribution in [0.2, 0.25) is 0 Å². The maximum atomic E-state index is 5.85. The molecule has 0 aromatic carbocycles. The van der Waals surface area contributed by atoms with E-state index in [1.54, 1.807) is 0 Å². The number of rotatable bonds is 5. The molecule has 1 aromatic heterocycles. The minimum absolute atomic E-state index is 0.803. The fraction of sp³-hybridized carbons (Fsp3) is 0.765. The normalized spacial score (nSPS) is 25.3. The molecule has 0 radical (unpaired) electrons. The first-order chi connectivity index (χ1) is 10.3. The van der Waals surface area contributed by atoms with Gasteiger partial charge in [-0.1, -0.05) is 6.92 Å². The molecule has 21 heavy (non-hydrogen) atoms. The van der Waals surface area contributed by atoms with Crippen molar-refractivity contribution < 1.29 is 9.15 Å². The van der Waals surface area contributed by atoms with Crippen molar-refractivity contribution in [3.05, 3.63) is 23.7 Å². The molecule has 1 atom stereocenters. The molecule has 0 saturated carbocycles. The smallest absolute Gasteiger partial charge is 0.118 e. The van der Waals surface area contributed by atoms with Crippen LogP contribution in [0, 0.1) is 5.92 Å². The average molecular weight is 292 g/mol. The molecule has 0 bridgehead atoms. The van der Waals surface area contributed by atoms with Gasteiger partial charge in [0.25, 0.3) is 0 Å². The maximum absolute atomic E-state index is 5.85. The first kappa shape index (κ1) is 15.1. The second kappa shape index (κ2) is 7.43. The van der Waals surface area contributed by atoms with Crippen LogP contribution in [-0.4, -0.2) is 55.7 Å². The van der Waals surface area contributed by atoms with Crippen molar-refractivity contribution in [1.29, 1.82) is 0 Å². The van der Waals surface area contributed by atoms with Crippen LogP contribution < -0.4 is 0 Å². The number of morpholine rings is 1. The summed E-state index contributed by atoms with van der Waals surface area (Å²) < 4.78 is 11.3. The summed E-state index contributed by atoms with van der Waals surface area (Å²) in [6.07, 6.45) is 3.67. The van der Waals surface area contributed by atoms with Gasteiger partial charge in [-0.05, 0) is 37.4 Å². The Labute approximate surface area is 128 Å². The van der Waals surface area contributed by atoms with E-state index >= 15 is 0 Å². The van der Waals surface area contributed by atoms with Crippen molar-refractivity contribution in [2.75, 3.05) is 45.9 Å². The van der Waals surface area contributed by atoms with Crippen LogP contribution in [-0.2, 0) is 17.7 Å². The molecule has 2 aliphatic heterocycles. The Morgan fingerprint density at radius 2 is 1.90 bits per heavy atom. The van der Waals surface area contributed by atoms with E-state index in [1.807, 2.05) is 0 Å². The molecule has 0 unspecified atom stereocenters. The Balaban J connectivity index is 1.48. The van der Waals surface area contributed by atoms with Gasteiger partial charge in [-0.25, -0.2) is 0 Å². The minimum Gasteiger partial charge on any atom is -0.465 e. The third-order valence-corrected chi connectivity index (χ3v) is 4.67. The quantitative estimate of drug-likeness (QED) is 0.833. The molecule has 0 aliphatic carbocycles. The van der Waals surface area contributed by atoms with E-state index in [0.29, 0.717) is 0 Å². The molecule has 0 spiro atoms. The van der Waals surface area contributed by atoms with Crippen LogP contribution >= 0.6 is 0 Å². The first-order valence-corrected chi connectivity index (χ1v) is 8.43. The van der Waals surface area contributed by atoms with Gasteiger partial charge in [0.2, 0.25) is 0 Å². The highest BCUT2D eigenvalue weighted by Crippen LogP contribution is 2.21. The van der Waals surface area contributed by atoms with E-state index in [1.165, 1.54) is 32.5 Å². The van der Waals surface area contributed by atoms with E-state index in [4.69, 9.17) is 9.15 Å². The standard InChI is InChI=1S/C17H28N2O2/c1-2-16-5-6-17(21-16)14-19-7-3-4-15(13-19)12-18-8-10-20-11-9-18/h5-6,15H,2-4,7-14H2,1H3/t15-/m0/s1. The Morgan fingerprint density at radius 1 is 1.10 bits per heavy atom. The highest BCUT2D eigenvalue weighted by atomic mass is 16.5. The fourth-order valence-corrected chi connectivity index (χ4v) is 3.51. The van der Waals surface area contributed by atoms with Crippen molar-refractivity contribution in [3.8, 4) is 0 Å². The van der Waals surface area contributed by atoms with Crippen molar-refractivity contribution in [2.45, 2.75) is 32.7 Å². The molecular weight excluding hydrogens is 264 g/mol. The molecule has 3 heterocycles. The molecule has 2 saturated heterocycles. The van der Waals surface area contributed by atoms with E-state index in [-0.39, 0.29) is 0 Å². The van der Waals surface area contributed by atoms with Crippen molar-refractivity contribution in [1.82, 2.24) is 9.80 Å². The van der Waals surface area contributed by atoms with Crippen LogP contribution in [0.4, 0.5) is 0 Å². The van der Waals surface area contributed by atoms with Gasteiger partial charge >= 0.3 is 0 Å². The van der Waals surface area contributed by atoms with Crippen LogP contribution in [0.25, 0.3) is 0 Å². The third kappa shape index (κ3) is 4.31. The van der Waals surface area contributed by atoms with Gasteiger partial charge in [0, 0.05) is 32.6 Å². The second-order valence-corrected chi connectivity index (χ2v) is 6.38. The molecule has 3 rings (SSSR count). The number of ether oxygens (including phenoxy) is 1. The van der Waals surface area contributed by atoms with Gasteiger partial charge in [-0.15, -0.1) is 0 Å². The van der Waals surface area contributed by atoms with E-state index in [0.717, 1.165) is 56.7 Å². The molecule has 0 N–H and O–H groups in total. The highest BCUT2D eigenvalue weighted by Gasteiger charge is 2.23. The number of furan rings is 1. The number of likely N-dealkylation sites (tertiary alicyclic amines) is 1. The molecule has 4 nitrogen and oxygen atoms in total. The van der Waals surface area contributed by atoms with Crippen LogP contribution in [0.15, 0.2) is 16.5 Å². The van der Waals surface area contributed by atoms with Crippen LogP contribution in [0.5, 0.6) is 0 Å². The van der Waals surface area contributed by atoms with Crippen LogP contribution in [0.1, 0.15) is 31.3 Å². The van der Waals surface area contributed by atoms with E-state index < -0.39 is 0 Å². The predicted octanol–water partition coefficient (Wildman–Crippen LogP) is 2.39. The molecule has 2 aliphatic rings. The Morgan fingerprint density at radius 3 is 2.67 bits per heavy atom. The van der Waals surface area contributed by atoms with E-state index in [9.17, 15) is 0 Å². The Kier molecular flexibility index (Phi) is 5.33. The number of hydrogen-bond acceptors (Lipinski definition) is 4. The second-order valence-electron chi connectivity index (χ2n) is 6.38. The molecule has 4 heteroatoms. The summed E-state index contributed by atoms with van der Waals surface area (Å²) in [5.74, 6) is 3.03. The zero-order valence-corrected chi connectivity index (χ0v) is 13.2. The molecule has 1 aromatic rings. The van der Waals surface area contributed by atoms with Crippen molar-refractivity contribution in [3.63, 3.8) is 0 Å². The van der Waals surface area contributed by atoms with E-state index in [2.05, 4.69) is 28.9 Å². The largest absolute Gasteiger partial charge is 0.465 e. The SMILES string of the molecule is CCc1ccc(CN2CCC[C@@H](CN3CCOCC3)C2)o1. The lowest BCUT2D eigenvalue weighted by Crippen LogP contribution is -2.44. The van der Waals surface area contributed by atoms with Gasteiger partial charge < -0.3 is 9.15 Å². The van der Waals surface area contributed by atoms with Gasteiger partial charge in [0.05, 0.1) is 19.8 Å². The van der Waals surface area contributed by atoms with Gasteiger partial charge in [0.15, 0.2) is 0 Å². The highest BCUT2D eigenvalue weighted by molar-refractivity contribution is 5.07. The minimum atomic E-state index is 0.803. The lowest BCUT2D eigenvalue weighted by atomic mass is 9.97.